The van der Waals surface area contributed by atoms with Crippen LogP contribution in [0.3, 0.4) is 0 Å². The fourth-order valence-electron chi connectivity index (χ4n) is 2.90. The van der Waals surface area contributed by atoms with E-state index in [2.05, 4.69) is 0 Å². The van der Waals surface area contributed by atoms with E-state index in [1.807, 2.05) is 0 Å². The van der Waals surface area contributed by atoms with Gasteiger partial charge in [0.15, 0.2) is 0 Å². The Morgan fingerprint density at radius 2 is 1.14 bits per heavy atom. The lowest BCUT2D eigenvalue weighted by molar-refractivity contribution is 0.259. The second kappa shape index (κ2) is 4.62. The number of rotatable bonds is 3. The lowest BCUT2D eigenvalue weighted by atomic mass is 10.2. The van der Waals surface area contributed by atoms with Crippen molar-refractivity contribution in [3.8, 4) is 0 Å². The molecule has 0 amide bonds. The molecular weight excluding hydrogens is 198 g/mol. The van der Waals surface area contributed by atoms with Gasteiger partial charge in [0.05, 0.1) is 0 Å². The maximum atomic E-state index is 11.2. The van der Waals surface area contributed by atoms with Crippen molar-refractivity contribution in [3.63, 3.8) is 0 Å². The summed E-state index contributed by atoms with van der Waals surface area (Å²) in [5.41, 5.74) is 0. The largest absolute Gasteiger partial charge is 0.215 e. The monoisotopic (exact) mass is 217 g/mol. The van der Waals surface area contributed by atoms with Gasteiger partial charge in [-0.05, 0) is 25.7 Å². The summed E-state index contributed by atoms with van der Waals surface area (Å²) in [6.45, 7) is 0. The molecule has 0 aromatic rings. The van der Waals surface area contributed by atoms with Crippen molar-refractivity contribution in [2.24, 2.45) is 0 Å². The molecule has 0 aromatic heterocycles. The minimum Gasteiger partial charge on any atom is -0.215 e. The highest BCUT2D eigenvalue weighted by molar-refractivity contribution is 7.69. The van der Waals surface area contributed by atoms with Crippen LogP contribution in [0.5, 0.6) is 0 Å². The van der Waals surface area contributed by atoms with Gasteiger partial charge in [-0.2, -0.15) is 4.31 Å². The zero-order valence-corrected chi connectivity index (χ0v) is 9.42. The topological polar surface area (TPSA) is 37.4 Å². The van der Waals surface area contributed by atoms with E-state index in [0.29, 0.717) is 12.1 Å². The van der Waals surface area contributed by atoms with Gasteiger partial charge in [-0.1, -0.05) is 25.7 Å². The Kier molecular flexibility index (Phi) is 3.44. The Labute approximate surface area is 87.6 Å². The van der Waals surface area contributed by atoms with Gasteiger partial charge in [-0.15, -0.1) is 0 Å². The Balaban J connectivity index is 2.05. The molecule has 0 heterocycles. The molecule has 0 unspecified atom stereocenters. The maximum Gasteiger partial charge on any atom is 0.204 e. The molecule has 14 heavy (non-hydrogen) atoms. The summed E-state index contributed by atoms with van der Waals surface area (Å²) in [5, 5.41) is 0. The first-order valence-electron chi connectivity index (χ1n) is 5.71. The lowest BCUT2D eigenvalue weighted by Crippen LogP contribution is -2.39. The first-order chi connectivity index (χ1) is 6.79. The molecule has 2 saturated carbocycles. The van der Waals surface area contributed by atoms with Crippen LogP contribution < -0.4 is 0 Å². The lowest BCUT2D eigenvalue weighted by Gasteiger charge is -2.28. The smallest absolute Gasteiger partial charge is 0.204 e. The predicted molar refractivity (Wildman–Crippen MR) is 56.7 cm³/mol. The molecule has 0 N–H and O–H groups in total. The highest BCUT2D eigenvalue weighted by Gasteiger charge is 2.32. The van der Waals surface area contributed by atoms with E-state index in [1.165, 1.54) is 25.7 Å². The number of hydrogen-bond acceptors (Lipinski definition) is 2. The van der Waals surface area contributed by atoms with Crippen LogP contribution in [0, 0.1) is 0 Å². The summed E-state index contributed by atoms with van der Waals surface area (Å²) >= 11 is 0. The standard InChI is InChI=1S/C10H19NO2S/c12-14(13)11(9-5-1-2-6-9)10-7-3-4-8-10/h9-10,14H,1-8H2. The van der Waals surface area contributed by atoms with Crippen LogP contribution in [0.4, 0.5) is 0 Å². The third-order valence-electron chi connectivity index (χ3n) is 3.59. The highest BCUT2D eigenvalue weighted by Crippen LogP contribution is 2.31. The van der Waals surface area contributed by atoms with Crippen molar-refractivity contribution in [2.45, 2.75) is 63.5 Å². The average molecular weight is 217 g/mol. The van der Waals surface area contributed by atoms with Crippen molar-refractivity contribution in [2.75, 3.05) is 0 Å². The molecule has 2 aliphatic carbocycles. The predicted octanol–water partition coefficient (Wildman–Crippen LogP) is 1.70. The second-order valence-electron chi connectivity index (χ2n) is 4.49. The summed E-state index contributed by atoms with van der Waals surface area (Å²) < 4.78 is 24.3. The molecule has 0 aromatic carbocycles. The Morgan fingerprint density at radius 3 is 1.43 bits per heavy atom. The zero-order chi connectivity index (χ0) is 9.97. The summed E-state index contributed by atoms with van der Waals surface area (Å²) in [4.78, 5) is 0. The Hall–Kier alpha value is -0.0900. The molecule has 0 aliphatic heterocycles. The van der Waals surface area contributed by atoms with E-state index in [0.717, 1.165) is 25.7 Å². The van der Waals surface area contributed by atoms with Crippen LogP contribution in [0.2, 0.25) is 0 Å². The third kappa shape index (κ3) is 2.11. The molecule has 0 bridgehead atoms. The number of thiol groups is 1. The third-order valence-corrected chi connectivity index (χ3v) is 4.62. The zero-order valence-electron chi connectivity index (χ0n) is 8.52. The Bertz CT molecular complexity index is 229. The van der Waals surface area contributed by atoms with Gasteiger partial charge in [-0.25, -0.2) is 8.42 Å². The number of hydrogen-bond donors (Lipinski definition) is 1. The molecule has 0 atom stereocenters. The number of nitrogens with zero attached hydrogens (tertiary/aromatic N) is 1. The van der Waals surface area contributed by atoms with Crippen LogP contribution in [-0.2, 0) is 10.9 Å². The van der Waals surface area contributed by atoms with E-state index in [1.54, 1.807) is 4.31 Å². The molecule has 0 radical (unpaired) electrons. The molecule has 2 fully saturated rings. The minimum absolute atomic E-state index is 0.333. The summed E-state index contributed by atoms with van der Waals surface area (Å²) in [5.74, 6) is 0. The normalized spacial score (nSPS) is 25.6. The van der Waals surface area contributed by atoms with Crippen molar-refractivity contribution >= 4 is 10.9 Å². The van der Waals surface area contributed by atoms with Gasteiger partial charge in [0.25, 0.3) is 0 Å². The summed E-state index contributed by atoms with van der Waals surface area (Å²) in [6.07, 6.45) is 9.15. The molecule has 2 aliphatic rings. The maximum absolute atomic E-state index is 11.2. The van der Waals surface area contributed by atoms with Crippen molar-refractivity contribution in [1.29, 1.82) is 0 Å². The second-order valence-corrected chi connectivity index (χ2v) is 5.43. The van der Waals surface area contributed by atoms with Crippen LogP contribution in [0.15, 0.2) is 0 Å². The van der Waals surface area contributed by atoms with E-state index in [9.17, 15) is 8.42 Å². The van der Waals surface area contributed by atoms with Crippen molar-refractivity contribution in [1.82, 2.24) is 4.31 Å². The molecule has 3 nitrogen and oxygen atoms in total. The summed E-state index contributed by atoms with van der Waals surface area (Å²) in [6, 6.07) is 0.665. The van der Waals surface area contributed by atoms with Crippen LogP contribution in [0.25, 0.3) is 0 Å². The highest BCUT2D eigenvalue weighted by atomic mass is 32.2. The first kappa shape index (κ1) is 10.4. The quantitative estimate of drug-likeness (QED) is 0.731. The molecule has 0 saturated heterocycles. The van der Waals surface area contributed by atoms with Gasteiger partial charge in [-0.3, -0.25) is 0 Å². The Morgan fingerprint density at radius 1 is 0.786 bits per heavy atom. The van der Waals surface area contributed by atoms with E-state index < -0.39 is 10.9 Å². The van der Waals surface area contributed by atoms with Crippen molar-refractivity contribution < 1.29 is 8.42 Å². The van der Waals surface area contributed by atoms with Gasteiger partial charge < -0.3 is 0 Å². The van der Waals surface area contributed by atoms with Crippen molar-refractivity contribution in [3.05, 3.63) is 0 Å². The first-order valence-corrected chi connectivity index (χ1v) is 6.84. The van der Waals surface area contributed by atoms with E-state index >= 15 is 0 Å². The SMILES string of the molecule is O=[SH](=O)N(C1CCCC1)C1CCCC1. The van der Waals surface area contributed by atoms with Gasteiger partial charge >= 0.3 is 0 Å². The van der Waals surface area contributed by atoms with Crippen LogP contribution in [-0.4, -0.2) is 24.8 Å². The molecule has 2 rings (SSSR count). The van der Waals surface area contributed by atoms with Crippen LogP contribution >= 0.6 is 0 Å². The van der Waals surface area contributed by atoms with E-state index in [-0.39, 0.29) is 0 Å². The van der Waals surface area contributed by atoms with Gasteiger partial charge in [0, 0.05) is 12.1 Å². The van der Waals surface area contributed by atoms with Gasteiger partial charge in [0.2, 0.25) is 10.9 Å². The summed E-state index contributed by atoms with van der Waals surface area (Å²) in [7, 11) is -2.35. The fourth-order valence-corrected chi connectivity index (χ4v) is 3.90. The molecule has 4 heteroatoms. The molecule has 82 valence electrons. The van der Waals surface area contributed by atoms with E-state index in [4.69, 9.17) is 0 Å². The average Bonchev–Trinajstić information content (AvgIpc) is 2.75. The molecular formula is C10H19NO2S. The van der Waals surface area contributed by atoms with Crippen LogP contribution in [0.1, 0.15) is 51.4 Å². The molecule has 0 spiro atoms. The fraction of sp³-hybridized carbons (Fsp3) is 1.00. The van der Waals surface area contributed by atoms with Gasteiger partial charge in [0.1, 0.15) is 0 Å². The minimum atomic E-state index is -2.35.